The molecular formula is C12H19N5O. The van der Waals surface area contributed by atoms with E-state index in [-0.39, 0.29) is 11.9 Å². The molecule has 0 aliphatic carbocycles. The molecule has 0 spiro atoms. The van der Waals surface area contributed by atoms with Gasteiger partial charge in [0.1, 0.15) is 12.4 Å². The molecule has 1 saturated heterocycles. The van der Waals surface area contributed by atoms with Crippen LogP contribution in [0.1, 0.15) is 12.6 Å². The van der Waals surface area contributed by atoms with E-state index in [9.17, 15) is 4.79 Å². The van der Waals surface area contributed by atoms with Crippen LogP contribution in [0, 0.1) is 0 Å². The van der Waals surface area contributed by atoms with Crippen LogP contribution in [-0.2, 0) is 11.3 Å². The van der Waals surface area contributed by atoms with Crippen molar-refractivity contribution in [2.24, 2.45) is 0 Å². The first-order chi connectivity index (χ1) is 8.81. The molecule has 2 rings (SSSR count). The standard InChI is InChI=1S/C12H19N5O/c1-2-15-12(18)11-7-13-5-6-17(11)8-10-3-4-14-9-16-10/h3-4,9,11,13H,2,5-8H2,1H3,(H,15,18). The van der Waals surface area contributed by atoms with Gasteiger partial charge in [0.2, 0.25) is 5.91 Å². The number of nitrogens with zero attached hydrogens (tertiary/aromatic N) is 3. The molecule has 0 radical (unpaired) electrons. The van der Waals surface area contributed by atoms with Gasteiger partial charge in [0.15, 0.2) is 0 Å². The predicted molar refractivity (Wildman–Crippen MR) is 67.8 cm³/mol. The van der Waals surface area contributed by atoms with E-state index in [4.69, 9.17) is 0 Å². The van der Waals surface area contributed by atoms with Crippen LogP contribution in [0.4, 0.5) is 0 Å². The number of aromatic nitrogens is 2. The van der Waals surface area contributed by atoms with Crippen LogP contribution >= 0.6 is 0 Å². The zero-order valence-corrected chi connectivity index (χ0v) is 10.6. The van der Waals surface area contributed by atoms with Crippen molar-refractivity contribution in [1.29, 1.82) is 0 Å². The van der Waals surface area contributed by atoms with Crippen molar-refractivity contribution in [3.05, 3.63) is 24.3 Å². The van der Waals surface area contributed by atoms with Gasteiger partial charge < -0.3 is 10.6 Å². The summed E-state index contributed by atoms with van der Waals surface area (Å²) in [5.74, 6) is 0.0822. The zero-order valence-electron chi connectivity index (χ0n) is 10.6. The summed E-state index contributed by atoms with van der Waals surface area (Å²) < 4.78 is 0. The molecular weight excluding hydrogens is 230 g/mol. The summed E-state index contributed by atoms with van der Waals surface area (Å²) in [6, 6.07) is 1.77. The largest absolute Gasteiger partial charge is 0.355 e. The third-order valence-corrected chi connectivity index (χ3v) is 3.02. The summed E-state index contributed by atoms with van der Waals surface area (Å²) in [4.78, 5) is 22.2. The SMILES string of the molecule is CCNC(=O)C1CNCCN1Cc1ccncn1. The second kappa shape index (κ2) is 6.42. The van der Waals surface area contributed by atoms with E-state index in [1.165, 1.54) is 0 Å². The number of carbonyl (C=O) groups is 1. The van der Waals surface area contributed by atoms with Crippen molar-refractivity contribution >= 4 is 5.91 Å². The Morgan fingerprint density at radius 2 is 2.56 bits per heavy atom. The van der Waals surface area contributed by atoms with E-state index in [1.807, 2.05) is 13.0 Å². The maximum atomic E-state index is 12.0. The molecule has 0 saturated carbocycles. The number of hydrogen-bond donors (Lipinski definition) is 2. The van der Waals surface area contributed by atoms with Crippen molar-refractivity contribution in [2.45, 2.75) is 19.5 Å². The van der Waals surface area contributed by atoms with Gasteiger partial charge >= 0.3 is 0 Å². The Labute approximate surface area is 107 Å². The van der Waals surface area contributed by atoms with Gasteiger partial charge in [0, 0.05) is 38.9 Å². The Morgan fingerprint density at radius 3 is 3.28 bits per heavy atom. The third-order valence-electron chi connectivity index (χ3n) is 3.02. The fourth-order valence-electron chi connectivity index (χ4n) is 2.11. The summed E-state index contributed by atoms with van der Waals surface area (Å²) in [7, 11) is 0. The summed E-state index contributed by atoms with van der Waals surface area (Å²) in [5.41, 5.74) is 0.946. The van der Waals surface area contributed by atoms with E-state index in [0.717, 1.165) is 18.8 Å². The van der Waals surface area contributed by atoms with Crippen molar-refractivity contribution in [3.8, 4) is 0 Å². The van der Waals surface area contributed by atoms with Crippen molar-refractivity contribution in [2.75, 3.05) is 26.2 Å². The zero-order chi connectivity index (χ0) is 12.8. The molecule has 1 atom stereocenters. The monoisotopic (exact) mass is 249 g/mol. The van der Waals surface area contributed by atoms with E-state index in [0.29, 0.717) is 19.6 Å². The van der Waals surface area contributed by atoms with E-state index in [2.05, 4.69) is 25.5 Å². The molecule has 1 aromatic heterocycles. The third kappa shape index (κ3) is 3.24. The molecule has 2 N–H and O–H groups in total. The van der Waals surface area contributed by atoms with E-state index in [1.54, 1.807) is 12.5 Å². The first-order valence-corrected chi connectivity index (χ1v) is 6.28. The molecule has 98 valence electrons. The smallest absolute Gasteiger partial charge is 0.238 e. The van der Waals surface area contributed by atoms with Gasteiger partial charge in [-0.2, -0.15) is 0 Å². The second-order valence-electron chi connectivity index (χ2n) is 4.29. The summed E-state index contributed by atoms with van der Waals surface area (Å²) >= 11 is 0. The van der Waals surface area contributed by atoms with Gasteiger partial charge in [0.05, 0.1) is 5.69 Å². The van der Waals surface area contributed by atoms with Gasteiger partial charge in [-0.25, -0.2) is 9.97 Å². The topological polar surface area (TPSA) is 70.2 Å². The molecule has 1 aliphatic heterocycles. The molecule has 2 heterocycles. The second-order valence-corrected chi connectivity index (χ2v) is 4.29. The van der Waals surface area contributed by atoms with Crippen molar-refractivity contribution < 1.29 is 4.79 Å². The van der Waals surface area contributed by atoms with Crippen LogP contribution in [0.25, 0.3) is 0 Å². The lowest BCUT2D eigenvalue weighted by Gasteiger charge is -2.34. The molecule has 18 heavy (non-hydrogen) atoms. The Bertz CT molecular complexity index is 383. The first kappa shape index (κ1) is 12.9. The minimum absolute atomic E-state index is 0.0822. The van der Waals surface area contributed by atoms with Crippen LogP contribution in [-0.4, -0.2) is 53.0 Å². The predicted octanol–water partition coefficient (Wildman–Crippen LogP) is -0.613. The minimum Gasteiger partial charge on any atom is -0.355 e. The van der Waals surface area contributed by atoms with Crippen LogP contribution in [0.3, 0.4) is 0 Å². The van der Waals surface area contributed by atoms with Crippen molar-refractivity contribution in [1.82, 2.24) is 25.5 Å². The Morgan fingerprint density at radius 1 is 1.67 bits per heavy atom. The maximum Gasteiger partial charge on any atom is 0.238 e. The lowest BCUT2D eigenvalue weighted by Crippen LogP contribution is -2.57. The molecule has 1 fully saturated rings. The number of hydrogen-bond acceptors (Lipinski definition) is 5. The van der Waals surface area contributed by atoms with E-state index >= 15 is 0 Å². The highest BCUT2D eigenvalue weighted by Crippen LogP contribution is 2.08. The van der Waals surface area contributed by atoms with E-state index < -0.39 is 0 Å². The molecule has 6 heteroatoms. The average molecular weight is 249 g/mol. The first-order valence-electron chi connectivity index (χ1n) is 6.28. The number of rotatable bonds is 4. The molecule has 1 aromatic rings. The normalized spacial score (nSPS) is 20.6. The number of amides is 1. The van der Waals surface area contributed by atoms with Crippen LogP contribution in [0.15, 0.2) is 18.6 Å². The quantitative estimate of drug-likeness (QED) is 0.745. The van der Waals surface area contributed by atoms with Crippen molar-refractivity contribution in [3.63, 3.8) is 0 Å². The Balaban J connectivity index is 2.01. The number of nitrogens with one attached hydrogen (secondary N) is 2. The average Bonchev–Trinajstić information content (AvgIpc) is 2.41. The molecule has 6 nitrogen and oxygen atoms in total. The van der Waals surface area contributed by atoms with Gasteiger partial charge in [-0.3, -0.25) is 9.69 Å². The molecule has 0 aromatic carbocycles. The maximum absolute atomic E-state index is 12.0. The fourth-order valence-corrected chi connectivity index (χ4v) is 2.11. The molecule has 1 aliphatic rings. The summed E-state index contributed by atoms with van der Waals surface area (Å²) in [6.45, 7) is 5.73. The highest BCUT2D eigenvalue weighted by atomic mass is 16.2. The summed E-state index contributed by atoms with van der Waals surface area (Å²) in [5, 5.41) is 6.13. The van der Waals surface area contributed by atoms with Crippen LogP contribution < -0.4 is 10.6 Å². The highest BCUT2D eigenvalue weighted by Gasteiger charge is 2.28. The van der Waals surface area contributed by atoms with Gasteiger partial charge in [0.25, 0.3) is 0 Å². The highest BCUT2D eigenvalue weighted by molar-refractivity contribution is 5.82. The van der Waals surface area contributed by atoms with Crippen LogP contribution in [0.5, 0.6) is 0 Å². The van der Waals surface area contributed by atoms with Gasteiger partial charge in [-0.05, 0) is 13.0 Å². The number of carbonyl (C=O) groups excluding carboxylic acids is 1. The number of likely N-dealkylation sites (N-methyl/N-ethyl adjacent to an activating group) is 1. The Kier molecular flexibility index (Phi) is 4.60. The molecule has 1 amide bonds. The van der Waals surface area contributed by atoms with Crippen LogP contribution in [0.2, 0.25) is 0 Å². The number of piperazine rings is 1. The molecule has 1 unspecified atom stereocenters. The lowest BCUT2D eigenvalue weighted by molar-refractivity contribution is -0.127. The van der Waals surface area contributed by atoms with Gasteiger partial charge in [-0.15, -0.1) is 0 Å². The fraction of sp³-hybridized carbons (Fsp3) is 0.583. The minimum atomic E-state index is -0.117. The molecule has 0 bridgehead atoms. The van der Waals surface area contributed by atoms with Gasteiger partial charge in [-0.1, -0.05) is 0 Å². The summed E-state index contributed by atoms with van der Waals surface area (Å²) in [6.07, 6.45) is 3.27. The lowest BCUT2D eigenvalue weighted by atomic mass is 10.1. The Hall–Kier alpha value is -1.53.